The van der Waals surface area contributed by atoms with Crippen molar-refractivity contribution in [1.82, 2.24) is 0 Å². The van der Waals surface area contributed by atoms with Gasteiger partial charge in [-0.1, -0.05) is 0 Å². The monoisotopic (exact) mass is 436 g/mol. The Hall–Kier alpha value is -0.921. The number of carbonyl (C=O) groups is 4. The Kier molecular flexibility index (Phi) is 11.1. The molecular weight excluding hydrogens is 407 g/mol. The van der Waals surface area contributed by atoms with Gasteiger partial charge in [0.1, 0.15) is 0 Å². The van der Waals surface area contributed by atoms with E-state index in [0.29, 0.717) is 8.87 Å². The van der Waals surface area contributed by atoms with Crippen LogP contribution in [0.5, 0.6) is 0 Å². The molecule has 0 aliphatic rings. The quantitative estimate of drug-likeness (QED) is 0.346. The second-order valence-electron chi connectivity index (χ2n) is 5.82. The van der Waals surface area contributed by atoms with Crippen LogP contribution in [-0.2, 0) is 25.3 Å². The first-order valence-corrected chi connectivity index (χ1v) is 14.5. The number of hydrogen-bond donors (Lipinski definition) is 0. The molecule has 0 aliphatic heterocycles. The molecule has 0 atom stereocenters. The van der Waals surface area contributed by atoms with Crippen LogP contribution in [0.3, 0.4) is 0 Å². The number of ketones is 2. The van der Waals surface area contributed by atoms with E-state index in [4.69, 9.17) is 6.15 Å². The number of carbonyl (C=O) groups excluding carboxylic acids is 4. The molecule has 0 rings (SSSR count). The summed E-state index contributed by atoms with van der Waals surface area (Å²) in [6.45, 7) is 6.65. The minimum atomic E-state index is -3.98. The van der Waals surface area contributed by atoms with Crippen molar-refractivity contribution in [3.8, 4) is 0 Å². The summed E-state index contributed by atoms with van der Waals surface area (Å²) >= 11 is -3.98. The maximum absolute atomic E-state index is 12.0. The van der Waals surface area contributed by atoms with E-state index in [1.807, 2.05) is 13.8 Å². The van der Waals surface area contributed by atoms with E-state index in [9.17, 15) is 19.2 Å². The number of unbranched alkanes of at least 4 members (excludes halogenated alkanes) is 2. The Morgan fingerprint density at radius 3 is 1.35 bits per heavy atom. The number of rotatable bonds is 12. The summed E-state index contributed by atoms with van der Waals surface area (Å²) in [7, 11) is 0. The summed E-state index contributed by atoms with van der Waals surface area (Å²) in [5.74, 6) is -1.79. The van der Waals surface area contributed by atoms with Crippen LogP contribution in [0, 0.1) is 0 Å². The van der Waals surface area contributed by atoms with Crippen molar-refractivity contribution in [3.05, 3.63) is 0 Å². The van der Waals surface area contributed by atoms with Gasteiger partial charge in [0.15, 0.2) is 0 Å². The Labute approximate surface area is 143 Å². The third kappa shape index (κ3) is 10.5. The van der Waals surface area contributed by atoms with Crippen LogP contribution in [0.2, 0.25) is 8.87 Å². The van der Waals surface area contributed by atoms with Crippen molar-refractivity contribution < 1.29 is 25.3 Å². The van der Waals surface area contributed by atoms with Gasteiger partial charge in [-0.25, -0.2) is 0 Å². The van der Waals surface area contributed by atoms with Gasteiger partial charge in [-0.15, -0.1) is 0 Å². The molecule has 0 aliphatic carbocycles. The van der Waals surface area contributed by atoms with Crippen LogP contribution in [0.25, 0.3) is 0 Å². The SMILES string of the molecule is CCC[CH2][Sn]([CH2]CCC)([O]C(=O)CC(C)=O)[O]C(=O)CC(C)=O. The van der Waals surface area contributed by atoms with E-state index in [1.165, 1.54) is 13.8 Å². The Morgan fingerprint density at radius 1 is 0.739 bits per heavy atom. The van der Waals surface area contributed by atoms with E-state index < -0.39 is 31.1 Å². The molecule has 0 aromatic carbocycles. The molecule has 132 valence electrons. The van der Waals surface area contributed by atoms with Crippen molar-refractivity contribution in [2.45, 2.75) is 75.1 Å². The normalized spacial score (nSPS) is 11.0. The third-order valence-corrected chi connectivity index (χ3v) is 13.0. The van der Waals surface area contributed by atoms with Crippen LogP contribution in [0.15, 0.2) is 0 Å². The Balaban J connectivity index is 5.20. The summed E-state index contributed by atoms with van der Waals surface area (Å²) in [4.78, 5) is 46.1. The minimum absolute atomic E-state index is 0.281. The molecular formula is C16H28O6Sn. The van der Waals surface area contributed by atoms with Gasteiger partial charge in [0, 0.05) is 0 Å². The van der Waals surface area contributed by atoms with Gasteiger partial charge >= 0.3 is 143 Å². The van der Waals surface area contributed by atoms with Gasteiger partial charge < -0.3 is 0 Å². The molecule has 0 amide bonds. The van der Waals surface area contributed by atoms with E-state index >= 15 is 0 Å². The molecule has 0 N–H and O–H groups in total. The van der Waals surface area contributed by atoms with E-state index in [-0.39, 0.29) is 24.4 Å². The summed E-state index contributed by atoms with van der Waals surface area (Å²) in [5.41, 5.74) is 0. The zero-order valence-electron chi connectivity index (χ0n) is 14.6. The van der Waals surface area contributed by atoms with Crippen LogP contribution in [-0.4, -0.2) is 42.7 Å². The molecule has 0 unspecified atom stereocenters. The summed E-state index contributed by atoms with van der Waals surface area (Å²) in [6, 6.07) is 0. The maximum atomic E-state index is 12.0. The first kappa shape index (κ1) is 22.1. The molecule has 0 bridgehead atoms. The van der Waals surface area contributed by atoms with Crippen molar-refractivity contribution in [2.75, 3.05) is 0 Å². The summed E-state index contributed by atoms with van der Waals surface area (Å²) < 4.78 is 12.3. The fourth-order valence-electron chi connectivity index (χ4n) is 2.14. The predicted molar refractivity (Wildman–Crippen MR) is 88.0 cm³/mol. The Morgan fingerprint density at radius 2 is 1.09 bits per heavy atom. The number of Topliss-reactive ketones (excluding diaryl/α,β-unsaturated/α-hetero) is 2. The summed E-state index contributed by atoms with van der Waals surface area (Å²) in [6.07, 6.45) is 2.75. The molecule has 0 saturated heterocycles. The van der Waals surface area contributed by atoms with Gasteiger partial charge in [-0.3, -0.25) is 0 Å². The van der Waals surface area contributed by atoms with Gasteiger partial charge in [-0.05, 0) is 0 Å². The molecule has 0 fully saturated rings. The van der Waals surface area contributed by atoms with Crippen LogP contribution >= 0.6 is 0 Å². The molecule has 6 nitrogen and oxygen atoms in total. The Bertz CT molecular complexity index is 392. The van der Waals surface area contributed by atoms with Crippen LogP contribution in [0.4, 0.5) is 0 Å². The van der Waals surface area contributed by atoms with E-state index in [0.717, 1.165) is 25.7 Å². The van der Waals surface area contributed by atoms with Crippen molar-refractivity contribution >= 4 is 42.7 Å². The average molecular weight is 435 g/mol. The molecule has 0 aromatic rings. The molecule has 0 saturated carbocycles. The van der Waals surface area contributed by atoms with Crippen LogP contribution in [0.1, 0.15) is 66.2 Å². The van der Waals surface area contributed by atoms with E-state index in [1.54, 1.807) is 0 Å². The first-order valence-electron chi connectivity index (χ1n) is 8.17. The molecule has 0 aromatic heterocycles. The molecule has 0 spiro atoms. The van der Waals surface area contributed by atoms with Gasteiger partial charge in [-0.2, -0.15) is 0 Å². The number of hydrogen-bond acceptors (Lipinski definition) is 6. The van der Waals surface area contributed by atoms with Gasteiger partial charge in [0.05, 0.1) is 0 Å². The van der Waals surface area contributed by atoms with Crippen LogP contribution < -0.4 is 0 Å². The fraction of sp³-hybridized carbons (Fsp3) is 0.750. The van der Waals surface area contributed by atoms with Crippen molar-refractivity contribution in [1.29, 1.82) is 0 Å². The standard InChI is InChI=1S/2C4H6O3.2C4H9.Sn/c2*1-3(5)2-4(6)7;2*1-3-4-2;/h2*2H2,1H3,(H,6,7);2*1,3-4H2,2H3;/q;;;;+2/p-2. The van der Waals surface area contributed by atoms with Gasteiger partial charge in [0.2, 0.25) is 0 Å². The molecule has 0 heterocycles. The zero-order valence-corrected chi connectivity index (χ0v) is 17.5. The fourth-order valence-corrected chi connectivity index (χ4v) is 12.0. The second kappa shape index (κ2) is 11.6. The van der Waals surface area contributed by atoms with Crippen molar-refractivity contribution in [2.24, 2.45) is 0 Å². The van der Waals surface area contributed by atoms with Gasteiger partial charge in [0.25, 0.3) is 0 Å². The second-order valence-corrected chi connectivity index (χ2v) is 15.0. The van der Waals surface area contributed by atoms with Crippen molar-refractivity contribution in [3.63, 3.8) is 0 Å². The molecule has 7 heteroatoms. The topological polar surface area (TPSA) is 86.7 Å². The van der Waals surface area contributed by atoms with E-state index in [2.05, 4.69) is 0 Å². The molecule has 23 heavy (non-hydrogen) atoms. The first-order chi connectivity index (χ1) is 10.7. The summed E-state index contributed by atoms with van der Waals surface area (Å²) in [5, 5.41) is 0. The molecule has 0 radical (unpaired) electrons. The zero-order chi connectivity index (χ0) is 17.9. The predicted octanol–water partition coefficient (Wildman–Crippen LogP) is 3.07. The third-order valence-electron chi connectivity index (χ3n) is 3.21. The average Bonchev–Trinajstić information content (AvgIpc) is 2.40.